The van der Waals surface area contributed by atoms with Crippen molar-refractivity contribution >= 4 is 46.8 Å². The van der Waals surface area contributed by atoms with Crippen LogP contribution >= 0.6 is 23.2 Å². The van der Waals surface area contributed by atoms with E-state index in [0.29, 0.717) is 42.4 Å². The summed E-state index contributed by atoms with van der Waals surface area (Å²) in [6.45, 7) is 1.85. The lowest BCUT2D eigenvalue weighted by Crippen LogP contribution is -2.61. The van der Waals surface area contributed by atoms with Crippen LogP contribution in [0.25, 0.3) is 0 Å². The summed E-state index contributed by atoms with van der Waals surface area (Å²) in [5, 5.41) is 3.79. The number of nitrogens with zero attached hydrogens (tertiary/aromatic N) is 3. The summed E-state index contributed by atoms with van der Waals surface area (Å²) < 4.78 is 0. The molecular weight excluding hydrogens is 479 g/mol. The van der Waals surface area contributed by atoms with Gasteiger partial charge in [-0.3, -0.25) is 19.2 Å². The molecule has 1 atom stereocenters. The molecular formula is C24H28Cl2N4O4. The molecule has 1 aromatic rings. The van der Waals surface area contributed by atoms with Crippen molar-refractivity contribution in [2.45, 2.75) is 38.1 Å². The molecule has 2 heterocycles. The molecule has 0 saturated carbocycles. The number of hydrogen-bond acceptors (Lipinski definition) is 4. The van der Waals surface area contributed by atoms with Crippen molar-refractivity contribution in [3.05, 3.63) is 33.8 Å². The monoisotopic (exact) mass is 506 g/mol. The number of amides is 4. The minimum atomic E-state index is -0.960. The van der Waals surface area contributed by atoms with E-state index in [1.807, 2.05) is 0 Å². The maximum absolute atomic E-state index is 13.2. The second-order valence-corrected chi connectivity index (χ2v) is 9.22. The van der Waals surface area contributed by atoms with Crippen LogP contribution in [0, 0.1) is 12.3 Å². The minimum absolute atomic E-state index is 0.0452. The fraction of sp³-hybridized carbons (Fsp3) is 0.500. The molecule has 182 valence electrons. The normalized spacial score (nSPS) is 18.4. The van der Waals surface area contributed by atoms with Crippen molar-refractivity contribution in [3.63, 3.8) is 0 Å². The number of halogens is 2. The zero-order valence-corrected chi connectivity index (χ0v) is 20.4. The summed E-state index contributed by atoms with van der Waals surface area (Å²) in [6.07, 6.45) is 7.74. The predicted molar refractivity (Wildman–Crippen MR) is 129 cm³/mol. The molecule has 1 unspecified atom stereocenters. The van der Waals surface area contributed by atoms with Gasteiger partial charge in [0.15, 0.2) is 0 Å². The van der Waals surface area contributed by atoms with Crippen LogP contribution < -0.4 is 5.32 Å². The highest BCUT2D eigenvalue weighted by Gasteiger charge is 2.39. The first kappa shape index (κ1) is 25.9. The molecule has 2 fully saturated rings. The highest BCUT2D eigenvalue weighted by molar-refractivity contribution is 6.35. The minimum Gasteiger partial charge on any atom is -0.356 e. The molecule has 2 aliphatic rings. The van der Waals surface area contributed by atoms with Gasteiger partial charge < -0.3 is 20.0 Å². The number of rotatable bonds is 10. The smallest absolute Gasteiger partial charge is 0.246 e. The van der Waals surface area contributed by atoms with E-state index < -0.39 is 6.04 Å². The summed E-state index contributed by atoms with van der Waals surface area (Å²) >= 11 is 12.2. The molecule has 1 aromatic carbocycles. The first-order chi connectivity index (χ1) is 16.3. The third-order valence-electron chi connectivity index (χ3n) is 6.02. The molecule has 0 bridgehead atoms. The van der Waals surface area contributed by atoms with Crippen molar-refractivity contribution in [1.82, 2.24) is 20.0 Å². The third kappa shape index (κ3) is 6.64. The van der Waals surface area contributed by atoms with E-state index >= 15 is 0 Å². The Labute approximate surface area is 209 Å². The van der Waals surface area contributed by atoms with Crippen molar-refractivity contribution in [2.75, 3.05) is 39.3 Å². The summed E-state index contributed by atoms with van der Waals surface area (Å²) in [5.41, 5.74) is 0.808. The van der Waals surface area contributed by atoms with Gasteiger partial charge in [-0.05, 0) is 37.0 Å². The first-order valence-electron chi connectivity index (χ1n) is 11.3. The molecule has 0 spiro atoms. The fourth-order valence-electron chi connectivity index (χ4n) is 4.20. The van der Waals surface area contributed by atoms with Gasteiger partial charge >= 0.3 is 0 Å². The number of piperazine rings is 1. The van der Waals surface area contributed by atoms with Gasteiger partial charge in [0.1, 0.15) is 6.04 Å². The Balaban J connectivity index is 1.56. The van der Waals surface area contributed by atoms with E-state index in [4.69, 9.17) is 29.6 Å². The number of carbonyl (C=O) groups is 4. The largest absolute Gasteiger partial charge is 0.356 e. The fourth-order valence-corrected chi connectivity index (χ4v) is 4.70. The van der Waals surface area contributed by atoms with Crippen molar-refractivity contribution < 1.29 is 19.2 Å². The first-order valence-corrected chi connectivity index (χ1v) is 12.1. The van der Waals surface area contributed by atoms with E-state index in [0.717, 1.165) is 18.5 Å². The van der Waals surface area contributed by atoms with Crippen LogP contribution in [-0.4, -0.2) is 83.6 Å². The summed E-state index contributed by atoms with van der Waals surface area (Å²) in [4.78, 5) is 54.6. The predicted octanol–water partition coefficient (Wildman–Crippen LogP) is 1.73. The van der Waals surface area contributed by atoms with Gasteiger partial charge in [0.25, 0.3) is 0 Å². The van der Waals surface area contributed by atoms with Gasteiger partial charge in [0.2, 0.25) is 23.6 Å². The average molecular weight is 507 g/mol. The lowest BCUT2D eigenvalue weighted by atomic mass is 10.0. The molecule has 8 nitrogen and oxygen atoms in total. The molecule has 2 saturated heterocycles. The van der Waals surface area contributed by atoms with Crippen LogP contribution in [0.15, 0.2) is 18.2 Å². The second kappa shape index (κ2) is 12.1. The molecule has 0 radical (unpaired) electrons. The molecule has 0 aliphatic carbocycles. The standard InChI is InChI=1S/C24H28Cl2N4O4/c1-2-10-30-20(15-21(31)27-9-4-12-28-11-3-5-22(28)32)24(34)29(16-23(30)33)13-8-17-6-7-18(25)14-19(17)26/h1,6-7,14,20H,3-5,8-13,15-16H2,(H,27,31). The maximum Gasteiger partial charge on any atom is 0.246 e. The lowest BCUT2D eigenvalue weighted by Gasteiger charge is -2.39. The molecule has 4 amide bonds. The summed E-state index contributed by atoms with van der Waals surface area (Å²) in [6, 6.07) is 4.17. The van der Waals surface area contributed by atoms with Crippen LogP contribution in [-0.2, 0) is 25.6 Å². The Hall–Kier alpha value is -2.76. The number of carbonyl (C=O) groups excluding carboxylic acids is 4. The molecule has 10 heteroatoms. The quantitative estimate of drug-likeness (QED) is 0.386. The van der Waals surface area contributed by atoms with E-state index in [1.54, 1.807) is 23.1 Å². The van der Waals surface area contributed by atoms with Crippen molar-refractivity contribution in [1.29, 1.82) is 0 Å². The van der Waals surface area contributed by atoms with Gasteiger partial charge in [-0.2, -0.15) is 0 Å². The topological polar surface area (TPSA) is 90.0 Å². The molecule has 3 rings (SSSR count). The number of terminal acetylenes is 1. The van der Waals surface area contributed by atoms with Gasteiger partial charge in [-0.1, -0.05) is 35.2 Å². The van der Waals surface area contributed by atoms with Gasteiger partial charge in [0, 0.05) is 42.6 Å². The Kier molecular flexibility index (Phi) is 9.20. The van der Waals surface area contributed by atoms with Crippen LogP contribution in [0.3, 0.4) is 0 Å². The Morgan fingerprint density at radius 1 is 1.15 bits per heavy atom. The van der Waals surface area contributed by atoms with Crippen LogP contribution in [0.1, 0.15) is 31.2 Å². The Bertz CT molecular complexity index is 994. The third-order valence-corrected chi connectivity index (χ3v) is 6.61. The van der Waals surface area contributed by atoms with E-state index in [1.165, 1.54) is 9.80 Å². The molecule has 2 aliphatic heterocycles. The lowest BCUT2D eigenvalue weighted by molar-refractivity contribution is -0.156. The van der Waals surface area contributed by atoms with Crippen LogP contribution in [0.2, 0.25) is 10.0 Å². The van der Waals surface area contributed by atoms with E-state index in [9.17, 15) is 19.2 Å². The summed E-state index contributed by atoms with van der Waals surface area (Å²) in [5.74, 6) is 1.57. The molecule has 34 heavy (non-hydrogen) atoms. The SMILES string of the molecule is C#CCN1C(=O)CN(CCc2ccc(Cl)cc2Cl)C(=O)C1CC(=O)NCCCN1CCCC1=O. The van der Waals surface area contributed by atoms with Gasteiger partial charge in [-0.15, -0.1) is 6.42 Å². The average Bonchev–Trinajstić information content (AvgIpc) is 3.20. The Morgan fingerprint density at radius 3 is 2.62 bits per heavy atom. The number of benzene rings is 1. The zero-order valence-electron chi connectivity index (χ0n) is 18.9. The molecule has 0 aromatic heterocycles. The summed E-state index contributed by atoms with van der Waals surface area (Å²) in [7, 11) is 0. The highest BCUT2D eigenvalue weighted by atomic mass is 35.5. The molecule has 1 N–H and O–H groups in total. The van der Waals surface area contributed by atoms with E-state index in [2.05, 4.69) is 11.2 Å². The van der Waals surface area contributed by atoms with E-state index in [-0.39, 0.29) is 49.7 Å². The van der Waals surface area contributed by atoms with Crippen molar-refractivity contribution in [2.24, 2.45) is 0 Å². The van der Waals surface area contributed by atoms with Gasteiger partial charge in [-0.25, -0.2) is 0 Å². The van der Waals surface area contributed by atoms with Gasteiger partial charge in [0.05, 0.1) is 19.5 Å². The number of likely N-dealkylation sites (tertiary alicyclic amines) is 1. The zero-order chi connectivity index (χ0) is 24.7. The Morgan fingerprint density at radius 2 is 1.94 bits per heavy atom. The number of hydrogen-bond donors (Lipinski definition) is 1. The van der Waals surface area contributed by atoms with Crippen molar-refractivity contribution in [3.8, 4) is 12.3 Å². The maximum atomic E-state index is 13.2. The van der Waals surface area contributed by atoms with Crippen LogP contribution in [0.5, 0.6) is 0 Å². The number of nitrogens with one attached hydrogen (secondary N) is 1. The van der Waals surface area contributed by atoms with Crippen LogP contribution in [0.4, 0.5) is 0 Å². The highest BCUT2D eigenvalue weighted by Crippen LogP contribution is 2.23. The second-order valence-electron chi connectivity index (χ2n) is 8.38.